The highest BCUT2D eigenvalue weighted by Crippen LogP contribution is 2.28. The van der Waals surface area contributed by atoms with Crippen molar-refractivity contribution in [3.63, 3.8) is 0 Å². The fourth-order valence-corrected chi connectivity index (χ4v) is 3.74. The van der Waals surface area contributed by atoms with Gasteiger partial charge in [0, 0.05) is 11.5 Å². The molecule has 2 aromatic carbocycles. The smallest absolute Gasteiger partial charge is 0.335 e. The first kappa shape index (κ1) is 16.5. The number of hydrogen-bond donors (Lipinski definition) is 1. The Morgan fingerprint density at radius 1 is 0.885 bits per heavy atom. The summed E-state index contributed by atoms with van der Waals surface area (Å²) in [6.45, 7) is 0. The SMILES string of the molecule is O=C(O)c1ccc2oc3cc(C(=O)C4CCCCC4)ccc3c(=O)c2c1. The maximum atomic E-state index is 12.7. The second kappa shape index (κ2) is 6.41. The van der Waals surface area contributed by atoms with Gasteiger partial charge >= 0.3 is 5.97 Å². The van der Waals surface area contributed by atoms with Gasteiger partial charge < -0.3 is 9.52 Å². The van der Waals surface area contributed by atoms with Gasteiger partial charge in [0.2, 0.25) is 5.43 Å². The van der Waals surface area contributed by atoms with Gasteiger partial charge in [-0.15, -0.1) is 0 Å². The molecule has 0 radical (unpaired) electrons. The van der Waals surface area contributed by atoms with E-state index in [2.05, 4.69) is 0 Å². The van der Waals surface area contributed by atoms with E-state index in [-0.39, 0.29) is 28.1 Å². The standard InChI is InChI=1S/C21H18O5/c22-19(12-4-2-1-3-5-12)13-6-8-15-18(11-13)26-17-9-7-14(21(24)25)10-16(17)20(15)23/h6-12H,1-5H2,(H,24,25). The number of carboxylic acid groups (broad SMARTS) is 1. The Kier molecular flexibility index (Phi) is 4.07. The van der Waals surface area contributed by atoms with Crippen LogP contribution in [-0.2, 0) is 0 Å². The highest BCUT2D eigenvalue weighted by molar-refractivity contribution is 6.02. The summed E-state index contributed by atoms with van der Waals surface area (Å²) in [7, 11) is 0. The Hall–Kier alpha value is -2.95. The lowest BCUT2D eigenvalue weighted by atomic mass is 9.84. The summed E-state index contributed by atoms with van der Waals surface area (Å²) in [5.41, 5.74) is 0.977. The van der Waals surface area contributed by atoms with E-state index < -0.39 is 5.97 Å². The van der Waals surface area contributed by atoms with Crippen LogP contribution < -0.4 is 5.43 Å². The molecule has 1 aliphatic carbocycles. The molecule has 0 amide bonds. The quantitative estimate of drug-likeness (QED) is 0.559. The molecule has 0 unspecified atom stereocenters. The zero-order valence-corrected chi connectivity index (χ0v) is 14.2. The van der Waals surface area contributed by atoms with Crippen LogP contribution in [0.5, 0.6) is 0 Å². The van der Waals surface area contributed by atoms with Gasteiger partial charge in [-0.2, -0.15) is 0 Å². The van der Waals surface area contributed by atoms with Crippen molar-refractivity contribution in [3.05, 3.63) is 57.7 Å². The molecule has 0 bridgehead atoms. The van der Waals surface area contributed by atoms with Gasteiger partial charge in [-0.3, -0.25) is 9.59 Å². The zero-order chi connectivity index (χ0) is 18.3. The third-order valence-electron chi connectivity index (χ3n) is 5.18. The van der Waals surface area contributed by atoms with E-state index in [9.17, 15) is 14.4 Å². The van der Waals surface area contributed by atoms with Gasteiger partial charge in [-0.1, -0.05) is 25.3 Å². The Labute approximate surface area is 149 Å². The molecule has 3 aromatic rings. The average molecular weight is 350 g/mol. The topological polar surface area (TPSA) is 84.6 Å². The van der Waals surface area contributed by atoms with Crippen LogP contribution in [-0.4, -0.2) is 16.9 Å². The largest absolute Gasteiger partial charge is 0.478 e. The summed E-state index contributed by atoms with van der Waals surface area (Å²) >= 11 is 0. The predicted octanol–water partition coefficient (Wildman–Crippen LogP) is 4.41. The highest BCUT2D eigenvalue weighted by Gasteiger charge is 2.23. The van der Waals surface area contributed by atoms with Crippen molar-refractivity contribution >= 4 is 33.7 Å². The molecule has 1 fully saturated rings. The molecule has 0 saturated heterocycles. The number of fused-ring (bicyclic) bond motifs is 2. The number of carbonyl (C=O) groups excluding carboxylic acids is 1. The van der Waals surface area contributed by atoms with Gasteiger partial charge in [0.25, 0.3) is 0 Å². The molecule has 1 heterocycles. The minimum atomic E-state index is -1.10. The van der Waals surface area contributed by atoms with E-state index in [0.29, 0.717) is 22.1 Å². The Morgan fingerprint density at radius 3 is 2.35 bits per heavy atom. The molecular weight excluding hydrogens is 332 g/mol. The second-order valence-corrected chi connectivity index (χ2v) is 6.86. The van der Waals surface area contributed by atoms with E-state index in [0.717, 1.165) is 25.7 Å². The van der Waals surface area contributed by atoms with Gasteiger partial charge in [-0.05, 0) is 43.2 Å². The maximum Gasteiger partial charge on any atom is 0.335 e. The first-order chi connectivity index (χ1) is 12.5. The lowest BCUT2D eigenvalue weighted by molar-refractivity contribution is 0.0696. The summed E-state index contributed by atoms with van der Waals surface area (Å²) in [5, 5.41) is 9.67. The molecule has 5 nitrogen and oxygen atoms in total. The van der Waals surface area contributed by atoms with E-state index in [4.69, 9.17) is 9.52 Å². The van der Waals surface area contributed by atoms with Gasteiger partial charge in [0.15, 0.2) is 5.78 Å². The monoisotopic (exact) mass is 350 g/mol. The molecule has 4 rings (SSSR count). The summed E-state index contributed by atoms with van der Waals surface area (Å²) in [6, 6.07) is 9.11. The molecule has 0 atom stereocenters. The van der Waals surface area contributed by atoms with Crippen molar-refractivity contribution in [1.82, 2.24) is 0 Å². The van der Waals surface area contributed by atoms with Crippen molar-refractivity contribution in [1.29, 1.82) is 0 Å². The lowest BCUT2D eigenvalue weighted by Gasteiger charge is -2.20. The first-order valence-corrected chi connectivity index (χ1v) is 8.83. The van der Waals surface area contributed by atoms with E-state index in [1.54, 1.807) is 18.2 Å². The Bertz CT molecular complexity index is 1090. The van der Waals surface area contributed by atoms with Gasteiger partial charge in [-0.25, -0.2) is 4.79 Å². The van der Waals surface area contributed by atoms with Crippen molar-refractivity contribution < 1.29 is 19.1 Å². The third-order valence-corrected chi connectivity index (χ3v) is 5.18. The van der Waals surface area contributed by atoms with Crippen molar-refractivity contribution in [3.8, 4) is 0 Å². The van der Waals surface area contributed by atoms with Crippen LogP contribution in [0.25, 0.3) is 21.9 Å². The molecule has 1 saturated carbocycles. The van der Waals surface area contributed by atoms with Crippen LogP contribution in [0.4, 0.5) is 0 Å². The minimum Gasteiger partial charge on any atom is -0.478 e. The number of aromatic carboxylic acids is 1. The fourth-order valence-electron chi connectivity index (χ4n) is 3.74. The zero-order valence-electron chi connectivity index (χ0n) is 14.2. The van der Waals surface area contributed by atoms with Crippen molar-refractivity contribution in [2.24, 2.45) is 5.92 Å². The second-order valence-electron chi connectivity index (χ2n) is 6.86. The number of hydrogen-bond acceptors (Lipinski definition) is 4. The fraction of sp³-hybridized carbons (Fsp3) is 0.286. The number of benzene rings is 2. The molecule has 1 aliphatic rings. The predicted molar refractivity (Wildman–Crippen MR) is 97.9 cm³/mol. The molecule has 132 valence electrons. The first-order valence-electron chi connectivity index (χ1n) is 8.83. The average Bonchev–Trinajstić information content (AvgIpc) is 2.67. The van der Waals surface area contributed by atoms with Gasteiger partial charge in [0.1, 0.15) is 11.2 Å². The third kappa shape index (κ3) is 2.79. The molecule has 1 N–H and O–H groups in total. The van der Waals surface area contributed by atoms with Gasteiger partial charge in [0.05, 0.1) is 16.3 Å². The number of ketones is 1. The summed E-state index contributed by atoms with van der Waals surface area (Å²) in [5.74, 6) is -0.943. The van der Waals surface area contributed by atoms with Crippen molar-refractivity contribution in [2.45, 2.75) is 32.1 Å². The van der Waals surface area contributed by atoms with Crippen LogP contribution in [0.1, 0.15) is 52.8 Å². The number of rotatable bonds is 3. The number of Topliss-reactive ketones (excluding diaryl/α,β-unsaturated/α-hetero) is 1. The highest BCUT2D eigenvalue weighted by atomic mass is 16.4. The summed E-state index contributed by atoms with van der Waals surface area (Å²) in [4.78, 5) is 36.6. The summed E-state index contributed by atoms with van der Waals surface area (Å²) < 4.78 is 5.79. The lowest BCUT2D eigenvalue weighted by Crippen LogP contribution is -2.18. The maximum absolute atomic E-state index is 12.7. The van der Waals surface area contributed by atoms with E-state index in [1.807, 2.05) is 0 Å². The normalized spacial score (nSPS) is 15.4. The summed E-state index contributed by atoms with van der Waals surface area (Å²) in [6.07, 6.45) is 5.17. The van der Waals surface area contributed by atoms with Crippen molar-refractivity contribution in [2.75, 3.05) is 0 Å². The van der Waals surface area contributed by atoms with Crippen LogP contribution in [0.2, 0.25) is 0 Å². The van der Waals surface area contributed by atoms with Crippen LogP contribution in [0.3, 0.4) is 0 Å². The Balaban J connectivity index is 1.82. The minimum absolute atomic E-state index is 0.0354. The molecule has 26 heavy (non-hydrogen) atoms. The van der Waals surface area contributed by atoms with Crippen LogP contribution >= 0.6 is 0 Å². The molecule has 0 aliphatic heterocycles. The number of carboxylic acids is 1. The van der Waals surface area contributed by atoms with Crippen LogP contribution in [0.15, 0.2) is 45.6 Å². The number of carbonyl (C=O) groups is 2. The van der Waals surface area contributed by atoms with E-state index in [1.165, 1.54) is 24.6 Å². The molecule has 5 heteroatoms. The Morgan fingerprint density at radius 2 is 1.62 bits per heavy atom. The molecule has 0 spiro atoms. The molecule has 1 aromatic heterocycles. The van der Waals surface area contributed by atoms with E-state index >= 15 is 0 Å². The van der Waals surface area contributed by atoms with Crippen LogP contribution in [0, 0.1) is 5.92 Å². The molecular formula is C21H18O5.